The minimum Gasteiger partial charge on any atom is -0.487 e. The summed E-state index contributed by atoms with van der Waals surface area (Å²) >= 11 is 5.43. The molecule has 0 saturated heterocycles. The Morgan fingerprint density at radius 2 is 2.06 bits per heavy atom. The molecule has 1 aromatic carbocycles. The average Bonchev–Trinajstić information content (AvgIpc) is 2.24. The zero-order valence-electron chi connectivity index (χ0n) is 8.85. The maximum Gasteiger partial charge on any atom is 0.419 e. The van der Waals surface area contributed by atoms with E-state index < -0.39 is 11.7 Å². The largest absolute Gasteiger partial charge is 0.487 e. The minimum absolute atomic E-state index is 0.0333. The molecule has 0 saturated carbocycles. The first-order chi connectivity index (χ1) is 7.84. The summed E-state index contributed by atoms with van der Waals surface area (Å²) in [6.07, 6.45) is -4.49. The highest BCUT2D eigenvalue weighted by Gasteiger charge is 2.34. The monoisotopic (exact) mass is 265 g/mol. The molecule has 0 fully saturated rings. The van der Waals surface area contributed by atoms with Crippen molar-refractivity contribution >= 4 is 11.6 Å². The predicted octanol–water partition coefficient (Wildman–Crippen LogP) is 3.30. The third-order valence-corrected chi connectivity index (χ3v) is 2.08. The van der Waals surface area contributed by atoms with Crippen molar-refractivity contribution in [3.05, 3.63) is 40.9 Å². The number of hydrogen-bond acceptors (Lipinski definition) is 2. The van der Waals surface area contributed by atoms with Crippen molar-refractivity contribution in [3.8, 4) is 5.75 Å². The van der Waals surface area contributed by atoms with Gasteiger partial charge in [0.1, 0.15) is 12.4 Å². The molecular weight excluding hydrogens is 255 g/mol. The van der Waals surface area contributed by atoms with Crippen LogP contribution in [0.15, 0.2) is 29.8 Å². The molecule has 0 spiro atoms. The van der Waals surface area contributed by atoms with Gasteiger partial charge in [-0.1, -0.05) is 24.2 Å². The Labute approximate surface area is 102 Å². The van der Waals surface area contributed by atoms with Gasteiger partial charge in [0.25, 0.3) is 0 Å². The molecule has 2 nitrogen and oxygen atoms in total. The quantitative estimate of drug-likeness (QED) is 0.907. The number of ether oxygens (including phenoxy) is 1. The van der Waals surface area contributed by atoms with Crippen LogP contribution in [0.2, 0.25) is 0 Å². The van der Waals surface area contributed by atoms with E-state index in [0.717, 1.165) is 6.07 Å². The van der Waals surface area contributed by atoms with Crippen molar-refractivity contribution < 1.29 is 17.9 Å². The Balaban J connectivity index is 3.07. The molecule has 0 heterocycles. The number of nitrogens with two attached hydrogens (primary N) is 1. The summed E-state index contributed by atoms with van der Waals surface area (Å²) < 4.78 is 43.1. The van der Waals surface area contributed by atoms with Crippen molar-refractivity contribution in [2.24, 2.45) is 5.73 Å². The molecule has 0 aliphatic heterocycles. The lowest BCUT2D eigenvalue weighted by Gasteiger charge is -2.14. The van der Waals surface area contributed by atoms with Crippen LogP contribution in [0.25, 0.3) is 0 Å². The van der Waals surface area contributed by atoms with Crippen LogP contribution in [-0.2, 0) is 12.7 Å². The zero-order valence-corrected chi connectivity index (χ0v) is 9.61. The summed E-state index contributed by atoms with van der Waals surface area (Å²) in [6, 6.07) is 3.67. The van der Waals surface area contributed by atoms with E-state index in [1.807, 2.05) is 0 Å². The van der Waals surface area contributed by atoms with Gasteiger partial charge < -0.3 is 10.5 Å². The number of alkyl halides is 3. The Kier molecular flexibility index (Phi) is 4.42. The molecule has 94 valence electrons. The highest BCUT2D eigenvalue weighted by Crippen LogP contribution is 2.37. The SMILES string of the molecule is C=C(Cl)COc1ccc(CN)cc1C(F)(F)F. The average molecular weight is 266 g/mol. The Morgan fingerprint density at radius 1 is 1.41 bits per heavy atom. The van der Waals surface area contributed by atoms with E-state index in [1.54, 1.807) is 0 Å². The van der Waals surface area contributed by atoms with Crippen molar-refractivity contribution in [1.82, 2.24) is 0 Å². The van der Waals surface area contributed by atoms with Crippen LogP contribution in [0.1, 0.15) is 11.1 Å². The molecule has 1 aromatic rings. The van der Waals surface area contributed by atoms with Crippen LogP contribution in [0, 0.1) is 0 Å². The van der Waals surface area contributed by atoms with Crippen molar-refractivity contribution in [1.29, 1.82) is 0 Å². The third-order valence-electron chi connectivity index (χ3n) is 1.97. The van der Waals surface area contributed by atoms with Gasteiger partial charge >= 0.3 is 6.18 Å². The van der Waals surface area contributed by atoms with Gasteiger partial charge in [0.05, 0.1) is 5.56 Å². The summed E-state index contributed by atoms with van der Waals surface area (Å²) in [6.45, 7) is 3.19. The number of rotatable bonds is 4. The molecule has 6 heteroatoms. The van der Waals surface area contributed by atoms with E-state index in [2.05, 4.69) is 6.58 Å². The molecule has 0 aromatic heterocycles. The highest BCUT2D eigenvalue weighted by atomic mass is 35.5. The van der Waals surface area contributed by atoms with Crippen LogP contribution < -0.4 is 10.5 Å². The van der Waals surface area contributed by atoms with E-state index in [9.17, 15) is 13.2 Å². The molecule has 1 rings (SSSR count). The van der Waals surface area contributed by atoms with Gasteiger partial charge in [0, 0.05) is 11.6 Å². The Morgan fingerprint density at radius 3 is 2.53 bits per heavy atom. The van der Waals surface area contributed by atoms with Crippen molar-refractivity contribution in [2.75, 3.05) is 6.61 Å². The fourth-order valence-electron chi connectivity index (χ4n) is 1.21. The molecular formula is C11H11ClF3NO. The summed E-state index contributed by atoms with van der Waals surface area (Å²) in [7, 11) is 0. The fraction of sp³-hybridized carbons (Fsp3) is 0.273. The molecule has 0 aliphatic rings. The second-order valence-corrected chi connectivity index (χ2v) is 3.87. The molecule has 0 bridgehead atoms. The van der Waals surface area contributed by atoms with Gasteiger partial charge in [-0.2, -0.15) is 13.2 Å². The molecule has 17 heavy (non-hydrogen) atoms. The van der Waals surface area contributed by atoms with Gasteiger partial charge in [-0.05, 0) is 17.7 Å². The lowest BCUT2D eigenvalue weighted by molar-refractivity contribution is -0.138. The van der Waals surface area contributed by atoms with E-state index in [-0.39, 0.29) is 23.9 Å². The summed E-state index contributed by atoms with van der Waals surface area (Å²) in [5, 5.41) is 0.126. The van der Waals surface area contributed by atoms with Gasteiger partial charge in [-0.15, -0.1) is 0 Å². The first kappa shape index (κ1) is 13.9. The van der Waals surface area contributed by atoms with Gasteiger partial charge in [0.2, 0.25) is 0 Å². The highest BCUT2D eigenvalue weighted by molar-refractivity contribution is 6.29. The van der Waals surface area contributed by atoms with E-state index in [1.165, 1.54) is 12.1 Å². The molecule has 2 N–H and O–H groups in total. The van der Waals surface area contributed by atoms with E-state index in [4.69, 9.17) is 22.1 Å². The predicted molar refractivity (Wildman–Crippen MR) is 59.8 cm³/mol. The maximum absolute atomic E-state index is 12.7. The second kappa shape index (κ2) is 5.42. The molecule has 0 atom stereocenters. The Hall–Kier alpha value is -1.20. The van der Waals surface area contributed by atoms with Crippen molar-refractivity contribution in [3.63, 3.8) is 0 Å². The maximum atomic E-state index is 12.7. The minimum atomic E-state index is -4.49. The first-order valence-electron chi connectivity index (χ1n) is 4.71. The van der Waals surface area contributed by atoms with Gasteiger partial charge in [-0.25, -0.2) is 0 Å². The zero-order chi connectivity index (χ0) is 13.1. The lowest BCUT2D eigenvalue weighted by Crippen LogP contribution is -2.11. The van der Waals surface area contributed by atoms with Crippen LogP contribution >= 0.6 is 11.6 Å². The fourth-order valence-corrected chi connectivity index (χ4v) is 1.26. The van der Waals surface area contributed by atoms with Crippen LogP contribution in [0.4, 0.5) is 13.2 Å². The summed E-state index contributed by atoms with van der Waals surface area (Å²) in [5.74, 6) is -0.281. The normalized spacial score (nSPS) is 11.4. The van der Waals surface area contributed by atoms with Crippen LogP contribution in [0.5, 0.6) is 5.75 Å². The number of hydrogen-bond donors (Lipinski definition) is 1. The standard InChI is InChI=1S/C11H11ClF3NO/c1-7(12)6-17-10-3-2-8(5-16)4-9(10)11(13,14)15/h2-4H,1,5-6,16H2. The smallest absolute Gasteiger partial charge is 0.419 e. The first-order valence-corrected chi connectivity index (χ1v) is 5.08. The van der Waals surface area contributed by atoms with Crippen LogP contribution in [0.3, 0.4) is 0 Å². The number of halogens is 4. The van der Waals surface area contributed by atoms with Crippen molar-refractivity contribution in [2.45, 2.75) is 12.7 Å². The van der Waals surface area contributed by atoms with Gasteiger partial charge in [0.15, 0.2) is 0 Å². The Bertz CT molecular complexity index is 418. The second-order valence-electron chi connectivity index (χ2n) is 3.34. The lowest BCUT2D eigenvalue weighted by atomic mass is 10.1. The van der Waals surface area contributed by atoms with E-state index >= 15 is 0 Å². The van der Waals surface area contributed by atoms with Gasteiger partial charge in [-0.3, -0.25) is 0 Å². The molecule has 0 unspecified atom stereocenters. The molecule has 0 radical (unpaired) electrons. The molecule has 0 amide bonds. The topological polar surface area (TPSA) is 35.2 Å². The van der Waals surface area contributed by atoms with E-state index in [0.29, 0.717) is 5.56 Å². The summed E-state index contributed by atoms with van der Waals surface area (Å²) in [5.41, 5.74) is 4.81. The summed E-state index contributed by atoms with van der Waals surface area (Å²) in [4.78, 5) is 0. The number of benzene rings is 1. The third kappa shape index (κ3) is 3.94. The van der Waals surface area contributed by atoms with Crippen LogP contribution in [-0.4, -0.2) is 6.61 Å². The molecule has 0 aliphatic carbocycles.